The summed E-state index contributed by atoms with van der Waals surface area (Å²) >= 11 is 0. The Bertz CT molecular complexity index is 1350. The third-order valence-corrected chi connectivity index (χ3v) is 6.38. The van der Waals surface area contributed by atoms with Gasteiger partial charge >= 0.3 is 6.11 Å². The van der Waals surface area contributed by atoms with Gasteiger partial charge in [-0.15, -0.1) is 0 Å². The van der Waals surface area contributed by atoms with Crippen molar-refractivity contribution < 1.29 is 17.9 Å². The van der Waals surface area contributed by atoms with Crippen LogP contribution in [0, 0.1) is 47.4 Å². The van der Waals surface area contributed by atoms with Crippen molar-refractivity contribution in [1.82, 2.24) is 0 Å². The Morgan fingerprint density at radius 3 is 1.97 bits per heavy atom. The Labute approximate surface area is 192 Å². The predicted molar refractivity (Wildman–Crippen MR) is 129 cm³/mol. The molecule has 1 nitrogen and oxygen atoms in total. The van der Waals surface area contributed by atoms with Crippen LogP contribution in [0.25, 0.3) is 21.9 Å². The van der Waals surface area contributed by atoms with E-state index in [0.717, 1.165) is 33.5 Å². The van der Waals surface area contributed by atoms with Crippen molar-refractivity contribution in [2.24, 2.45) is 0 Å². The molecule has 0 atom stereocenters. The molecule has 0 bridgehead atoms. The summed E-state index contributed by atoms with van der Waals surface area (Å²) in [4.78, 5) is 0. The largest absolute Gasteiger partial charge is 0.429 e. The Morgan fingerprint density at radius 1 is 0.667 bits per heavy atom. The summed E-state index contributed by atoms with van der Waals surface area (Å²) in [5, 5.41) is 1.68. The van der Waals surface area contributed by atoms with Crippen molar-refractivity contribution in [3.05, 3.63) is 99.4 Å². The molecule has 0 spiro atoms. The quantitative estimate of drug-likeness (QED) is 0.304. The molecule has 0 saturated heterocycles. The summed E-state index contributed by atoms with van der Waals surface area (Å²) in [5.41, 5.74) is 5.90. The second-order valence-corrected chi connectivity index (χ2v) is 8.92. The molecule has 0 aliphatic heterocycles. The van der Waals surface area contributed by atoms with Gasteiger partial charge in [-0.1, -0.05) is 42.0 Å². The van der Waals surface area contributed by atoms with E-state index in [2.05, 4.69) is 24.3 Å². The molecule has 4 aromatic rings. The lowest BCUT2D eigenvalue weighted by Crippen LogP contribution is -2.25. The molecule has 0 aromatic heterocycles. The maximum Gasteiger partial charge on any atom is 0.427 e. The number of fused-ring (bicyclic) bond motifs is 1. The van der Waals surface area contributed by atoms with Crippen molar-refractivity contribution in [2.75, 3.05) is 0 Å². The SMILES string of the molecule is Cc1ccc(-c2cc(C)c3c(C)c(C(F)(F)Oc4cc(C)c(C)c(F)c4)c(C)cc3c2)cc1. The van der Waals surface area contributed by atoms with E-state index in [4.69, 9.17) is 4.74 Å². The van der Waals surface area contributed by atoms with Crippen LogP contribution < -0.4 is 4.74 Å². The molecule has 0 N–H and O–H groups in total. The smallest absolute Gasteiger partial charge is 0.427 e. The van der Waals surface area contributed by atoms with Crippen LogP contribution in [0.4, 0.5) is 13.2 Å². The molecule has 0 fully saturated rings. The van der Waals surface area contributed by atoms with E-state index in [1.165, 1.54) is 11.6 Å². The Kier molecular flexibility index (Phi) is 5.73. The molecule has 0 aliphatic rings. The van der Waals surface area contributed by atoms with Crippen LogP contribution >= 0.6 is 0 Å². The van der Waals surface area contributed by atoms with Gasteiger partial charge in [0.2, 0.25) is 0 Å². The highest BCUT2D eigenvalue weighted by Crippen LogP contribution is 2.41. The van der Waals surface area contributed by atoms with E-state index in [1.54, 1.807) is 33.8 Å². The minimum atomic E-state index is -3.61. The first-order chi connectivity index (χ1) is 15.5. The van der Waals surface area contributed by atoms with Crippen LogP contribution in [0.1, 0.15) is 38.9 Å². The lowest BCUT2D eigenvalue weighted by Gasteiger charge is -2.24. The van der Waals surface area contributed by atoms with Gasteiger partial charge < -0.3 is 4.74 Å². The highest BCUT2D eigenvalue weighted by atomic mass is 19.3. The Morgan fingerprint density at radius 2 is 1.33 bits per heavy atom. The molecule has 170 valence electrons. The summed E-state index contributed by atoms with van der Waals surface area (Å²) in [7, 11) is 0. The number of rotatable bonds is 4. The number of aryl methyl sites for hydroxylation is 5. The topological polar surface area (TPSA) is 9.23 Å². The summed E-state index contributed by atoms with van der Waals surface area (Å²) in [6.45, 7) is 10.6. The summed E-state index contributed by atoms with van der Waals surface area (Å²) in [5.74, 6) is -0.752. The maximum atomic E-state index is 15.4. The first-order valence-corrected chi connectivity index (χ1v) is 10.9. The first-order valence-electron chi connectivity index (χ1n) is 10.9. The molecule has 4 heteroatoms. The molecule has 0 unspecified atom stereocenters. The summed E-state index contributed by atoms with van der Waals surface area (Å²) < 4.78 is 50.0. The van der Waals surface area contributed by atoms with E-state index in [9.17, 15) is 4.39 Å². The number of ether oxygens (including phenoxy) is 1. The molecule has 0 amide bonds. The van der Waals surface area contributed by atoms with Gasteiger partial charge in [0.25, 0.3) is 0 Å². The highest BCUT2D eigenvalue weighted by Gasteiger charge is 2.39. The van der Waals surface area contributed by atoms with Crippen LogP contribution in [0.5, 0.6) is 5.75 Å². The number of benzene rings is 4. The van der Waals surface area contributed by atoms with Crippen molar-refractivity contribution in [3.63, 3.8) is 0 Å². The summed E-state index contributed by atoms with van der Waals surface area (Å²) in [6, 6.07) is 16.5. The number of hydrogen-bond donors (Lipinski definition) is 0. The monoisotopic (exact) mass is 448 g/mol. The van der Waals surface area contributed by atoms with Gasteiger partial charge in [-0.3, -0.25) is 0 Å². The van der Waals surface area contributed by atoms with Gasteiger partial charge in [-0.05, 0) is 103 Å². The van der Waals surface area contributed by atoms with Crippen LogP contribution in [0.15, 0.2) is 54.6 Å². The van der Waals surface area contributed by atoms with E-state index in [1.807, 2.05) is 26.0 Å². The standard InChI is InChI=1S/C29H27F3O/c1-16-7-9-22(10-8-16)23-11-18(3)27-21(6)28(19(4)12-24(27)14-23)29(31,32)33-25-13-17(2)20(5)26(30)15-25/h7-15H,1-6H3. The normalized spacial score (nSPS) is 11.8. The fraction of sp³-hybridized carbons (Fsp3) is 0.241. The van der Waals surface area contributed by atoms with E-state index in [0.29, 0.717) is 22.3 Å². The number of hydrogen-bond acceptors (Lipinski definition) is 1. The van der Waals surface area contributed by atoms with Gasteiger partial charge in [0.05, 0.1) is 5.56 Å². The lowest BCUT2D eigenvalue weighted by molar-refractivity contribution is -0.186. The van der Waals surface area contributed by atoms with Crippen LogP contribution in [0.3, 0.4) is 0 Å². The zero-order valence-electron chi connectivity index (χ0n) is 19.7. The minimum absolute atomic E-state index is 0.181. The van der Waals surface area contributed by atoms with Gasteiger partial charge in [0.1, 0.15) is 11.6 Å². The molecule has 0 saturated carbocycles. The van der Waals surface area contributed by atoms with E-state index < -0.39 is 11.9 Å². The third kappa shape index (κ3) is 4.22. The summed E-state index contributed by atoms with van der Waals surface area (Å²) in [6.07, 6.45) is -3.61. The third-order valence-electron chi connectivity index (χ3n) is 6.38. The average molecular weight is 449 g/mol. The van der Waals surface area contributed by atoms with Gasteiger partial charge in [0, 0.05) is 6.07 Å². The molecule has 0 heterocycles. The van der Waals surface area contributed by atoms with Gasteiger partial charge in [-0.2, -0.15) is 8.78 Å². The predicted octanol–water partition coefficient (Wildman–Crippen LogP) is 8.62. The molecule has 0 aliphatic carbocycles. The molecule has 33 heavy (non-hydrogen) atoms. The zero-order chi connectivity index (χ0) is 24.1. The van der Waals surface area contributed by atoms with Crippen molar-refractivity contribution in [2.45, 2.75) is 47.7 Å². The highest BCUT2D eigenvalue weighted by molar-refractivity contribution is 5.94. The second kappa shape index (κ2) is 8.26. The number of alkyl halides is 2. The fourth-order valence-electron chi connectivity index (χ4n) is 4.57. The number of halogens is 3. The van der Waals surface area contributed by atoms with E-state index >= 15 is 8.78 Å². The molecule has 4 aromatic carbocycles. The zero-order valence-corrected chi connectivity index (χ0v) is 19.7. The van der Waals surface area contributed by atoms with Gasteiger partial charge in [-0.25, -0.2) is 4.39 Å². The minimum Gasteiger partial charge on any atom is -0.429 e. The van der Waals surface area contributed by atoms with Crippen molar-refractivity contribution in [1.29, 1.82) is 0 Å². The van der Waals surface area contributed by atoms with Crippen molar-refractivity contribution >= 4 is 10.8 Å². The van der Waals surface area contributed by atoms with Crippen molar-refractivity contribution in [3.8, 4) is 16.9 Å². The Balaban J connectivity index is 1.82. The molecule has 0 radical (unpaired) electrons. The fourth-order valence-corrected chi connectivity index (χ4v) is 4.57. The Hall–Kier alpha value is -3.27. The average Bonchev–Trinajstić information content (AvgIpc) is 2.71. The first kappa shape index (κ1) is 22.9. The van der Waals surface area contributed by atoms with E-state index in [-0.39, 0.29) is 11.3 Å². The van der Waals surface area contributed by atoms with Crippen LogP contribution in [-0.2, 0) is 6.11 Å². The molecule has 4 rings (SSSR count). The lowest BCUT2D eigenvalue weighted by atomic mass is 9.89. The van der Waals surface area contributed by atoms with Crippen LogP contribution in [-0.4, -0.2) is 0 Å². The molecular weight excluding hydrogens is 421 g/mol. The maximum absolute atomic E-state index is 15.4. The van der Waals surface area contributed by atoms with Crippen LogP contribution in [0.2, 0.25) is 0 Å². The second-order valence-electron chi connectivity index (χ2n) is 8.92. The van der Waals surface area contributed by atoms with Gasteiger partial charge in [0.15, 0.2) is 0 Å². The molecular formula is C29H27F3O.